The molecule has 10 nitrogen and oxygen atoms in total. The number of unbranched alkanes of at least 4 members (excludes halogenated alkanes) is 13. The van der Waals surface area contributed by atoms with Crippen LogP contribution in [0, 0.1) is 0 Å². The van der Waals surface area contributed by atoms with E-state index in [-0.39, 0.29) is 32.5 Å². The first-order chi connectivity index (χ1) is 18.7. The van der Waals surface area contributed by atoms with Crippen LogP contribution in [-0.2, 0) is 37.5 Å². The first kappa shape index (κ1) is 37.4. The maximum atomic E-state index is 12.2. The molecule has 0 aliphatic rings. The van der Waals surface area contributed by atoms with E-state index in [4.69, 9.17) is 18.5 Å². The lowest BCUT2D eigenvalue weighted by atomic mass is 10.0. The number of hydrogen-bond acceptors (Lipinski definition) is 8. The van der Waals surface area contributed by atoms with Crippen molar-refractivity contribution < 1.29 is 46.9 Å². The third-order valence-electron chi connectivity index (χ3n) is 6.07. The van der Waals surface area contributed by atoms with Gasteiger partial charge in [-0.25, -0.2) is 9.14 Å². The zero-order valence-corrected chi connectivity index (χ0v) is 25.2. The van der Waals surface area contributed by atoms with Gasteiger partial charge in [0.05, 0.1) is 6.61 Å². The van der Waals surface area contributed by atoms with Crippen LogP contribution < -0.4 is 0 Å². The maximum absolute atomic E-state index is 12.2. The number of hydrogen-bond donors (Lipinski definition) is 1. The van der Waals surface area contributed by atoms with E-state index in [2.05, 4.69) is 13.6 Å². The lowest BCUT2D eigenvalue weighted by Crippen LogP contribution is -2.29. The van der Waals surface area contributed by atoms with Crippen molar-refractivity contribution in [2.75, 3.05) is 33.4 Å². The van der Waals surface area contributed by atoms with Crippen LogP contribution in [0.15, 0.2) is 0 Å². The van der Waals surface area contributed by atoms with Crippen LogP contribution in [0.3, 0.4) is 0 Å². The van der Waals surface area contributed by atoms with Gasteiger partial charge in [-0.15, -0.1) is 0 Å². The molecule has 0 aliphatic heterocycles. The largest absolute Gasteiger partial charge is 0.472 e. The first-order valence-electron chi connectivity index (χ1n) is 14.6. The van der Waals surface area contributed by atoms with Crippen molar-refractivity contribution in [2.24, 2.45) is 0 Å². The molecule has 0 heterocycles. The Kier molecular flexibility index (Phi) is 24.3. The number of carbonyl (C=O) groups is 3. The highest BCUT2D eigenvalue weighted by atomic mass is 31.2. The summed E-state index contributed by atoms with van der Waals surface area (Å²) in [6.07, 6.45) is 16.1. The fourth-order valence-electron chi connectivity index (χ4n) is 3.76. The molecule has 1 N–H and O–H groups in total. The van der Waals surface area contributed by atoms with Crippen LogP contribution in [0.25, 0.3) is 0 Å². The second-order valence-electron chi connectivity index (χ2n) is 10.0. The molecule has 39 heavy (non-hydrogen) atoms. The van der Waals surface area contributed by atoms with Crippen LogP contribution in [-0.4, -0.2) is 73.9 Å². The van der Waals surface area contributed by atoms with Crippen LogP contribution in [0.1, 0.15) is 116 Å². The van der Waals surface area contributed by atoms with E-state index >= 15 is 0 Å². The van der Waals surface area contributed by atoms with Gasteiger partial charge in [-0.2, -0.15) is 0 Å². The number of esters is 2. The summed E-state index contributed by atoms with van der Waals surface area (Å²) >= 11 is 0. The summed E-state index contributed by atoms with van der Waals surface area (Å²) in [5.74, 6) is -1.05. The molecule has 2 atom stereocenters. The second kappa shape index (κ2) is 25.4. The third kappa shape index (κ3) is 26.4. The van der Waals surface area contributed by atoms with Gasteiger partial charge < -0.3 is 19.2 Å². The lowest BCUT2D eigenvalue weighted by molar-refractivity contribution is -0.490. The molecular formula is C28H53NO9P+. The van der Waals surface area contributed by atoms with Crippen LogP contribution >= 0.6 is 7.82 Å². The second-order valence-corrected chi connectivity index (χ2v) is 11.5. The van der Waals surface area contributed by atoms with E-state index < -0.39 is 32.5 Å². The quantitative estimate of drug-likeness (QED) is 0.0307. The molecule has 0 aromatic rings. The molecule has 0 spiro atoms. The highest BCUT2D eigenvalue weighted by molar-refractivity contribution is 7.47. The van der Waals surface area contributed by atoms with Crippen molar-refractivity contribution in [1.82, 2.24) is 0 Å². The van der Waals surface area contributed by atoms with Gasteiger partial charge in [0.2, 0.25) is 0 Å². The number of carbonyl (C=O) groups excluding carboxylic acids is 3. The molecule has 0 saturated heterocycles. The first-order valence-corrected chi connectivity index (χ1v) is 16.1. The summed E-state index contributed by atoms with van der Waals surface area (Å²) in [7, 11) is -2.72. The minimum Gasteiger partial charge on any atom is -0.462 e. The SMILES string of the molecule is C=[N+](C)CCOP(=O)(O)OC[C@@H](COC(=O)CCCCCCCCCCCCCCC)OC(=O)CCCC=O. The minimum absolute atomic E-state index is 0.00867. The Labute approximate surface area is 235 Å². The fourth-order valence-corrected chi connectivity index (χ4v) is 4.50. The maximum Gasteiger partial charge on any atom is 0.472 e. The predicted octanol–water partition coefficient (Wildman–Crippen LogP) is 5.77. The minimum atomic E-state index is -4.40. The summed E-state index contributed by atoms with van der Waals surface area (Å²) in [5, 5.41) is 0. The van der Waals surface area contributed by atoms with Crippen LogP contribution in [0.4, 0.5) is 0 Å². The van der Waals surface area contributed by atoms with E-state index in [1.165, 1.54) is 68.8 Å². The highest BCUT2D eigenvalue weighted by Crippen LogP contribution is 2.43. The van der Waals surface area contributed by atoms with E-state index in [0.29, 0.717) is 25.7 Å². The summed E-state index contributed by atoms with van der Waals surface area (Å²) in [6, 6.07) is 0. The average Bonchev–Trinajstić information content (AvgIpc) is 2.88. The van der Waals surface area contributed by atoms with Crippen molar-refractivity contribution in [2.45, 2.75) is 122 Å². The topological polar surface area (TPSA) is 128 Å². The molecule has 0 aromatic carbocycles. The molecule has 0 saturated carbocycles. The molecule has 228 valence electrons. The molecule has 0 aromatic heterocycles. The fraction of sp³-hybridized carbons (Fsp3) is 0.857. The third-order valence-corrected chi connectivity index (χ3v) is 7.05. The molecule has 0 aliphatic carbocycles. The standard InChI is InChI=1S/C28H52NO9P/c1-4-5-6-7-8-9-10-11-12-13-14-15-16-19-27(31)35-24-26(38-28(32)20-17-18-22-30)25-37-39(33,34)36-23-21-29(2)3/h22,26H,2,4-21,23-25H2,1,3H3/p+1/t26-/m1/s1. The molecule has 11 heteroatoms. The van der Waals surface area contributed by atoms with E-state index in [1.807, 2.05) is 0 Å². The van der Waals surface area contributed by atoms with E-state index in [0.717, 1.165) is 12.8 Å². The molecule has 0 amide bonds. The van der Waals surface area contributed by atoms with Gasteiger partial charge in [-0.05, 0) is 12.8 Å². The van der Waals surface area contributed by atoms with Crippen molar-refractivity contribution >= 4 is 32.8 Å². The van der Waals surface area contributed by atoms with Crippen LogP contribution in [0.2, 0.25) is 0 Å². The van der Waals surface area contributed by atoms with E-state index in [9.17, 15) is 23.8 Å². The Morgan fingerprint density at radius 1 is 0.846 bits per heavy atom. The van der Waals surface area contributed by atoms with Crippen molar-refractivity contribution in [3.8, 4) is 0 Å². The Hall–Kier alpha value is -1.61. The lowest BCUT2D eigenvalue weighted by Gasteiger charge is -2.19. The number of aldehydes is 1. The van der Waals surface area contributed by atoms with Gasteiger partial charge in [0.1, 0.15) is 33.3 Å². The Balaban J connectivity index is 4.22. The van der Waals surface area contributed by atoms with Gasteiger partial charge in [-0.1, -0.05) is 84.0 Å². The molecule has 1 unspecified atom stereocenters. The van der Waals surface area contributed by atoms with Crippen molar-refractivity contribution in [1.29, 1.82) is 0 Å². The highest BCUT2D eigenvalue weighted by Gasteiger charge is 2.26. The van der Waals surface area contributed by atoms with Crippen molar-refractivity contribution in [3.63, 3.8) is 0 Å². The Morgan fingerprint density at radius 2 is 1.38 bits per heavy atom. The molecular weight excluding hydrogens is 525 g/mol. The van der Waals surface area contributed by atoms with E-state index in [1.54, 1.807) is 7.05 Å². The monoisotopic (exact) mass is 578 g/mol. The number of ether oxygens (including phenoxy) is 2. The molecule has 0 fully saturated rings. The molecule has 0 rings (SSSR count). The number of phosphoric acid groups is 1. The molecule has 0 bridgehead atoms. The Morgan fingerprint density at radius 3 is 1.92 bits per heavy atom. The Bertz CT molecular complexity index is 717. The van der Waals surface area contributed by atoms with Gasteiger partial charge in [0.25, 0.3) is 0 Å². The van der Waals surface area contributed by atoms with Gasteiger partial charge in [0, 0.05) is 19.3 Å². The van der Waals surface area contributed by atoms with Gasteiger partial charge >= 0.3 is 19.8 Å². The summed E-state index contributed by atoms with van der Waals surface area (Å²) in [4.78, 5) is 44.5. The summed E-state index contributed by atoms with van der Waals surface area (Å²) in [6.45, 7) is 5.27. The predicted molar refractivity (Wildman–Crippen MR) is 151 cm³/mol. The normalized spacial score (nSPS) is 13.4. The van der Waals surface area contributed by atoms with Gasteiger partial charge in [-0.3, -0.25) is 18.6 Å². The zero-order chi connectivity index (χ0) is 29.2. The number of nitrogens with zero attached hydrogens (tertiary/aromatic N) is 1. The summed E-state index contributed by atoms with van der Waals surface area (Å²) in [5.41, 5.74) is 0. The smallest absolute Gasteiger partial charge is 0.462 e. The van der Waals surface area contributed by atoms with Crippen molar-refractivity contribution in [3.05, 3.63) is 0 Å². The van der Waals surface area contributed by atoms with Gasteiger partial charge in [0.15, 0.2) is 12.6 Å². The number of likely N-dealkylation sites (N-methyl/N-ethyl adjacent to an activating group) is 1. The number of phosphoric ester groups is 1. The number of rotatable bonds is 28. The van der Waals surface area contributed by atoms with Crippen LogP contribution in [0.5, 0.6) is 0 Å². The molecule has 0 radical (unpaired) electrons. The zero-order valence-electron chi connectivity index (χ0n) is 24.3. The average molecular weight is 579 g/mol. The summed E-state index contributed by atoms with van der Waals surface area (Å²) < 4.78 is 33.9.